The minimum Gasteiger partial charge on any atom is -0.456 e. The molecule has 0 saturated heterocycles. The number of aromatic nitrogens is 2. The van der Waals surface area contributed by atoms with Crippen molar-refractivity contribution < 1.29 is 9.53 Å². The molecule has 0 radical (unpaired) electrons. The molecule has 82 valence electrons. The predicted octanol–water partition coefficient (Wildman–Crippen LogP) is 2.20. The van der Waals surface area contributed by atoms with Crippen LogP contribution in [0.5, 0.6) is 0 Å². The third-order valence-electron chi connectivity index (χ3n) is 1.94. The quantitative estimate of drug-likeness (QED) is 0.764. The van der Waals surface area contributed by atoms with Gasteiger partial charge in [-0.1, -0.05) is 0 Å². The van der Waals surface area contributed by atoms with Gasteiger partial charge >= 0.3 is 5.97 Å². The molecule has 0 spiro atoms. The minimum atomic E-state index is -0.357. The van der Waals surface area contributed by atoms with E-state index in [0.29, 0.717) is 5.56 Å². The smallest absolute Gasteiger partial charge is 0.340 e. The maximum absolute atomic E-state index is 11.6. The van der Waals surface area contributed by atoms with Crippen molar-refractivity contribution in [3.05, 3.63) is 46.2 Å². The molecule has 2 heterocycles. The van der Waals surface area contributed by atoms with Gasteiger partial charge in [-0.15, -0.1) is 11.3 Å². The van der Waals surface area contributed by atoms with Gasteiger partial charge in [-0.05, 0) is 18.6 Å². The van der Waals surface area contributed by atoms with Crippen molar-refractivity contribution in [2.45, 2.75) is 13.5 Å². The van der Waals surface area contributed by atoms with Crippen LogP contribution in [0.15, 0.2) is 30.2 Å². The van der Waals surface area contributed by atoms with Gasteiger partial charge < -0.3 is 4.74 Å². The van der Waals surface area contributed by atoms with Gasteiger partial charge in [-0.25, -0.2) is 4.79 Å². The van der Waals surface area contributed by atoms with Gasteiger partial charge in [0.15, 0.2) is 0 Å². The van der Waals surface area contributed by atoms with Crippen molar-refractivity contribution in [3.8, 4) is 0 Å². The minimum absolute atomic E-state index is 0.261. The lowest BCUT2D eigenvalue weighted by Crippen LogP contribution is -2.05. The molecular weight excluding hydrogens is 224 g/mol. The Kier molecular flexibility index (Phi) is 3.26. The molecule has 0 N–H and O–H groups in total. The van der Waals surface area contributed by atoms with E-state index in [4.69, 9.17) is 4.74 Å². The second-order valence-corrected chi connectivity index (χ2v) is 4.27. The molecule has 0 fully saturated rings. The van der Waals surface area contributed by atoms with Gasteiger partial charge in [0.25, 0.3) is 0 Å². The Labute approximate surface area is 96.9 Å². The van der Waals surface area contributed by atoms with Gasteiger partial charge in [-0.2, -0.15) is 0 Å². The molecule has 0 bridgehead atoms. The van der Waals surface area contributed by atoms with E-state index in [0.717, 1.165) is 10.4 Å². The fourth-order valence-electron chi connectivity index (χ4n) is 1.20. The van der Waals surface area contributed by atoms with E-state index in [9.17, 15) is 4.79 Å². The summed E-state index contributed by atoms with van der Waals surface area (Å²) in [5.74, 6) is -0.357. The first-order valence-electron chi connectivity index (χ1n) is 4.72. The van der Waals surface area contributed by atoms with Gasteiger partial charge in [0.05, 0.1) is 16.0 Å². The van der Waals surface area contributed by atoms with Crippen LogP contribution in [0.3, 0.4) is 0 Å². The Morgan fingerprint density at radius 3 is 2.94 bits per heavy atom. The van der Waals surface area contributed by atoms with Crippen molar-refractivity contribution >= 4 is 17.3 Å². The largest absolute Gasteiger partial charge is 0.456 e. The van der Waals surface area contributed by atoms with Crippen LogP contribution >= 0.6 is 11.3 Å². The lowest BCUT2D eigenvalue weighted by Gasteiger charge is -2.02. The van der Waals surface area contributed by atoms with E-state index < -0.39 is 0 Å². The van der Waals surface area contributed by atoms with E-state index in [1.165, 1.54) is 17.5 Å². The summed E-state index contributed by atoms with van der Waals surface area (Å²) in [5, 5.41) is 0. The highest BCUT2D eigenvalue weighted by atomic mass is 32.1. The maximum Gasteiger partial charge on any atom is 0.340 e. The fourth-order valence-corrected chi connectivity index (χ4v) is 1.71. The third-order valence-corrected chi connectivity index (χ3v) is 2.69. The van der Waals surface area contributed by atoms with E-state index in [1.807, 2.05) is 6.92 Å². The topological polar surface area (TPSA) is 52.1 Å². The zero-order chi connectivity index (χ0) is 11.4. The molecule has 0 amide bonds. The van der Waals surface area contributed by atoms with E-state index in [-0.39, 0.29) is 12.6 Å². The highest BCUT2D eigenvalue weighted by Crippen LogP contribution is 2.09. The second-order valence-electron chi connectivity index (χ2n) is 3.29. The third kappa shape index (κ3) is 2.64. The number of esters is 1. The first-order chi connectivity index (χ1) is 7.75. The molecule has 0 aliphatic heterocycles. The van der Waals surface area contributed by atoms with Gasteiger partial charge in [0, 0.05) is 18.6 Å². The van der Waals surface area contributed by atoms with Crippen LogP contribution in [-0.4, -0.2) is 15.9 Å². The second kappa shape index (κ2) is 4.85. The van der Waals surface area contributed by atoms with Crippen molar-refractivity contribution in [3.63, 3.8) is 0 Å². The molecule has 2 aromatic heterocycles. The highest BCUT2D eigenvalue weighted by Gasteiger charge is 2.08. The average molecular weight is 234 g/mol. The number of hydrogen-bond donors (Lipinski definition) is 0. The number of ether oxygens (including phenoxy) is 1. The van der Waals surface area contributed by atoms with Crippen LogP contribution in [0, 0.1) is 6.92 Å². The molecule has 0 atom stereocenters. The number of carbonyl (C=O) groups is 1. The van der Waals surface area contributed by atoms with Crippen molar-refractivity contribution in [2.75, 3.05) is 0 Å². The van der Waals surface area contributed by atoms with E-state index in [2.05, 4.69) is 9.97 Å². The summed E-state index contributed by atoms with van der Waals surface area (Å²) >= 11 is 1.46. The Balaban J connectivity index is 1.98. The van der Waals surface area contributed by atoms with E-state index in [1.54, 1.807) is 24.0 Å². The van der Waals surface area contributed by atoms with Crippen LogP contribution in [0.1, 0.15) is 20.8 Å². The number of nitrogens with zero attached hydrogens (tertiary/aromatic N) is 2. The molecular formula is C11H10N2O2S. The van der Waals surface area contributed by atoms with Crippen LogP contribution in [0.25, 0.3) is 0 Å². The summed E-state index contributed by atoms with van der Waals surface area (Å²) in [6.07, 6.45) is 4.88. The zero-order valence-electron chi connectivity index (χ0n) is 8.71. The number of pyridine rings is 1. The summed E-state index contributed by atoms with van der Waals surface area (Å²) < 4.78 is 5.12. The summed E-state index contributed by atoms with van der Waals surface area (Å²) in [6, 6.07) is 1.75. The molecule has 0 aliphatic carbocycles. The average Bonchev–Trinajstić information content (AvgIpc) is 2.78. The Hall–Kier alpha value is -1.75. The van der Waals surface area contributed by atoms with Crippen LogP contribution < -0.4 is 0 Å². The predicted molar refractivity (Wildman–Crippen MR) is 60.2 cm³/mol. The monoisotopic (exact) mass is 234 g/mol. The Morgan fingerprint density at radius 2 is 2.25 bits per heavy atom. The Bertz CT molecular complexity index is 482. The van der Waals surface area contributed by atoms with Crippen LogP contribution in [-0.2, 0) is 11.3 Å². The van der Waals surface area contributed by atoms with Gasteiger partial charge in [0.2, 0.25) is 0 Å². The van der Waals surface area contributed by atoms with Gasteiger partial charge in [0.1, 0.15) is 6.61 Å². The molecule has 2 aromatic rings. The van der Waals surface area contributed by atoms with Crippen molar-refractivity contribution in [1.82, 2.24) is 9.97 Å². The molecule has 2 rings (SSSR count). The summed E-state index contributed by atoms with van der Waals surface area (Å²) in [4.78, 5) is 20.4. The SMILES string of the molecule is Cc1cncc(C(=O)OCc2cncs2)c1. The van der Waals surface area contributed by atoms with E-state index >= 15 is 0 Å². The number of hydrogen-bond acceptors (Lipinski definition) is 5. The first kappa shape index (κ1) is 10.8. The summed E-state index contributed by atoms with van der Waals surface area (Å²) in [6.45, 7) is 2.14. The molecule has 16 heavy (non-hydrogen) atoms. The van der Waals surface area contributed by atoms with Crippen molar-refractivity contribution in [2.24, 2.45) is 0 Å². The molecule has 0 aliphatic rings. The summed E-state index contributed by atoms with van der Waals surface area (Å²) in [5.41, 5.74) is 3.12. The molecule has 0 aromatic carbocycles. The number of thiazole rings is 1. The van der Waals surface area contributed by atoms with Crippen LogP contribution in [0.2, 0.25) is 0 Å². The molecule has 5 heteroatoms. The zero-order valence-corrected chi connectivity index (χ0v) is 9.53. The lowest BCUT2D eigenvalue weighted by molar-refractivity contribution is 0.0476. The number of carbonyl (C=O) groups excluding carboxylic acids is 1. The summed E-state index contributed by atoms with van der Waals surface area (Å²) in [7, 11) is 0. The standard InChI is InChI=1S/C11H10N2O2S/c1-8-2-9(4-12-3-8)11(14)15-6-10-5-13-7-16-10/h2-5,7H,6H2,1H3. The normalized spacial score (nSPS) is 10.1. The molecule has 0 saturated carbocycles. The lowest BCUT2D eigenvalue weighted by atomic mass is 10.2. The Morgan fingerprint density at radius 1 is 1.38 bits per heavy atom. The van der Waals surface area contributed by atoms with Gasteiger partial charge in [-0.3, -0.25) is 9.97 Å². The number of aryl methyl sites for hydroxylation is 1. The fraction of sp³-hybridized carbons (Fsp3) is 0.182. The number of rotatable bonds is 3. The van der Waals surface area contributed by atoms with Crippen molar-refractivity contribution in [1.29, 1.82) is 0 Å². The molecule has 4 nitrogen and oxygen atoms in total. The highest BCUT2D eigenvalue weighted by molar-refractivity contribution is 7.09. The molecule has 0 unspecified atom stereocenters. The maximum atomic E-state index is 11.6. The van der Waals surface area contributed by atoms with Crippen LogP contribution in [0.4, 0.5) is 0 Å². The first-order valence-corrected chi connectivity index (χ1v) is 5.60.